The fraction of sp³-hybridized carbons (Fsp3) is 0.429. The van der Waals surface area contributed by atoms with E-state index in [1.165, 1.54) is 10.9 Å². The molecule has 1 fully saturated rings. The monoisotopic (exact) mass is 303 g/mol. The maximum atomic E-state index is 12.1. The van der Waals surface area contributed by atoms with E-state index in [1.54, 1.807) is 18.5 Å². The second-order valence-corrected chi connectivity index (χ2v) is 4.96. The molecule has 116 valence electrons. The molecule has 1 aliphatic heterocycles. The number of ether oxygens (including phenoxy) is 2. The molecule has 1 saturated heterocycles. The van der Waals surface area contributed by atoms with Crippen LogP contribution < -0.4 is 10.1 Å². The molecule has 1 amide bonds. The summed E-state index contributed by atoms with van der Waals surface area (Å²) in [5, 5.41) is 10.4. The number of hydrogen-bond donors (Lipinski definition) is 1. The van der Waals surface area contributed by atoms with Crippen LogP contribution in [0.25, 0.3) is 0 Å². The summed E-state index contributed by atoms with van der Waals surface area (Å²) in [7, 11) is 0. The second-order valence-electron chi connectivity index (χ2n) is 4.96. The Bertz CT molecular complexity index is 590. The molecule has 0 bridgehead atoms. The van der Waals surface area contributed by atoms with Crippen LogP contribution in [0, 0.1) is 0 Å². The van der Waals surface area contributed by atoms with E-state index >= 15 is 0 Å². The van der Waals surface area contributed by atoms with Crippen LogP contribution >= 0.6 is 0 Å². The lowest BCUT2D eigenvalue weighted by atomic mass is 10.1. The van der Waals surface area contributed by atoms with E-state index < -0.39 is 0 Å². The Kier molecular flexibility index (Phi) is 4.59. The summed E-state index contributed by atoms with van der Waals surface area (Å²) in [6.45, 7) is 1.14. The minimum Gasteiger partial charge on any atom is -0.472 e. The van der Waals surface area contributed by atoms with Gasteiger partial charge >= 0.3 is 0 Å². The molecule has 22 heavy (non-hydrogen) atoms. The zero-order valence-electron chi connectivity index (χ0n) is 12.0. The fourth-order valence-electron chi connectivity index (χ4n) is 2.28. The van der Waals surface area contributed by atoms with Gasteiger partial charge in [0.05, 0.1) is 25.5 Å². The van der Waals surface area contributed by atoms with Crippen molar-refractivity contribution in [3.05, 3.63) is 36.8 Å². The molecule has 3 rings (SSSR count). The quantitative estimate of drug-likeness (QED) is 0.837. The summed E-state index contributed by atoms with van der Waals surface area (Å²) in [6, 6.07) is 5.27. The molecule has 0 saturated carbocycles. The van der Waals surface area contributed by atoms with Crippen molar-refractivity contribution >= 4 is 5.91 Å². The standard InChI is InChI=1S/C14H17N5O3/c20-13(9-19-7-6-16-18-19)17-11-10-21-8-4-12(11)22-14-3-1-2-5-15-14/h1-3,5-7,11-12H,4,8-10H2,(H,17,20)/t11-,12-/m1/s1. The lowest BCUT2D eigenvalue weighted by molar-refractivity contribution is -0.125. The smallest absolute Gasteiger partial charge is 0.242 e. The first-order chi connectivity index (χ1) is 10.8. The van der Waals surface area contributed by atoms with E-state index in [0.29, 0.717) is 25.5 Å². The van der Waals surface area contributed by atoms with Crippen molar-refractivity contribution in [3.63, 3.8) is 0 Å². The third kappa shape index (κ3) is 3.79. The van der Waals surface area contributed by atoms with Gasteiger partial charge in [-0.1, -0.05) is 11.3 Å². The van der Waals surface area contributed by atoms with Crippen molar-refractivity contribution < 1.29 is 14.3 Å². The Labute approximate surface area is 127 Å². The van der Waals surface area contributed by atoms with Crippen molar-refractivity contribution in [1.29, 1.82) is 0 Å². The molecule has 0 aliphatic carbocycles. The minimum absolute atomic E-state index is 0.118. The zero-order chi connectivity index (χ0) is 15.2. The van der Waals surface area contributed by atoms with Crippen LogP contribution in [0.5, 0.6) is 5.88 Å². The number of carbonyl (C=O) groups is 1. The van der Waals surface area contributed by atoms with Crippen LogP contribution in [0.1, 0.15) is 6.42 Å². The Morgan fingerprint density at radius 3 is 3.18 bits per heavy atom. The lowest BCUT2D eigenvalue weighted by Gasteiger charge is -2.32. The first-order valence-electron chi connectivity index (χ1n) is 7.10. The minimum atomic E-state index is -0.216. The Morgan fingerprint density at radius 1 is 1.45 bits per heavy atom. The molecule has 0 radical (unpaired) electrons. The number of nitrogens with one attached hydrogen (secondary N) is 1. The Morgan fingerprint density at radius 2 is 2.41 bits per heavy atom. The lowest BCUT2D eigenvalue weighted by Crippen LogP contribution is -2.52. The van der Waals surface area contributed by atoms with Crippen molar-refractivity contribution in [3.8, 4) is 5.88 Å². The number of hydrogen-bond acceptors (Lipinski definition) is 6. The average molecular weight is 303 g/mol. The van der Waals surface area contributed by atoms with E-state index in [4.69, 9.17) is 9.47 Å². The molecule has 1 N–H and O–H groups in total. The van der Waals surface area contributed by atoms with E-state index in [1.807, 2.05) is 12.1 Å². The highest BCUT2D eigenvalue weighted by Gasteiger charge is 2.29. The largest absolute Gasteiger partial charge is 0.472 e. The molecule has 0 aromatic carbocycles. The van der Waals surface area contributed by atoms with Gasteiger partial charge in [-0.3, -0.25) is 4.79 Å². The van der Waals surface area contributed by atoms with Crippen molar-refractivity contribution in [1.82, 2.24) is 25.3 Å². The van der Waals surface area contributed by atoms with E-state index in [9.17, 15) is 4.79 Å². The predicted octanol–water partition coefficient (Wildman–Crippen LogP) is 0.0258. The molecule has 2 aromatic heterocycles. The van der Waals surface area contributed by atoms with E-state index in [0.717, 1.165) is 0 Å². The molecule has 8 heteroatoms. The van der Waals surface area contributed by atoms with Crippen LogP contribution in [0.15, 0.2) is 36.8 Å². The first kappa shape index (κ1) is 14.5. The molecule has 2 atom stereocenters. The van der Waals surface area contributed by atoms with Gasteiger partial charge in [-0.25, -0.2) is 9.67 Å². The number of pyridine rings is 1. The fourth-order valence-corrected chi connectivity index (χ4v) is 2.28. The van der Waals surface area contributed by atoms with Crippen molar-refractivity contribution in [2.75, 3.05) is 13.2 Å². The average Bonchev–Trinajstić information content (AvgIpc) is 3.03. The highest BCUT2D eigenvalue weighted by Crippen LogP contribution is 2.15. The van der Waals surface area contributed by atoms with Gasteiger partial charge in [0.25, 0.3) is 0 Å². The molecular weight excluding hydrogens is 286 g/mol. The molecule has 0 spiro atoms. The second kappa shape index (κ2) is 6.99. The molecular formula is C14H17N5O3. The number of rotatable bonds is 5. The van der Waals surface area contributed by atoms with Crippen LogP contribution in [-0.4, -0.2) is 51.2 Å². The van der Waals surface area contributed by atoms with Crippen molar-refractivity contribution in [2.45, 2.75) is 25.1 Å². The van der Waals surface area contributed by atoms with E-state index in [2.05, 4.69) is 20.6 Å². The summed E-state index contributed by atoms with van der Waals surface area (Å²) in [5.41, 5.74) is 0. The third-order valence-corrected chi connectivity index (χ3v) is 3.33. The maximum absolute atomic E-state index is 12.1. The molecule has 0 unspecified atom stereocenters. The van der Waals surface area contributed by atoms with Gasteiger partial charge in [0.15, 0.2) is 0 Å². The summed E-state index contributed by atoms with van der Waals surface area (Å²) < 4.78 is 12.8. The Balaban J connectivity index is 1.58. The number of amides is 1. The zero-order valence-corrected chi connectivity index (χ0v) is 12.0. The van der Waals surface area contributed by atoms with Gasteiger partial charge in [0, 0.05) is 24.9 Å². The summed E-state index contributed by atoms with van der Waals surface area (Å²) >= 11 is 0. The molecule has 2 aromatic rings. The number of nitrogens with zero attached hydrogens (tertiary/aromatic N) is 4. The van der Waals surface area contributed by atoms with Gasteiger partial charge in [0.2, 0.25) is 11.8 Å². The van der Waals surface area contributed by atoms with Gasteiger partial charge in [-0.15, -0.1) is 5.10 Å². The van der Waals surface area contributed by atoms with Gasteiger partial charge in [-0.2, -0.15) is 0 Å². The van der Waals surface area contributed by atoms with Crippen LogP contribution in [0.3, 0.4) is 0 Å². The van der Waals surface area contributed by atoms with Crippen molar-refractivity contribution in [2.24, 2.45) is 0 Å². The maximum Gasteiger partial charge on any atom is 0.242 e. The number of aromatic nitrogens is 4. The summed E-state index contributed by atoms with van der Waals surface area (Å²) in [6.07, 6.45) is 5.38. The molecule has 3 heterocycles. The van der Waals surface area contributed by atoms with Crippen LogP contribution in [0.4, 0.5) is 0 Å². The Hall–Kier alpha value is -2.48. The third-order valence-electron chi connectivity index (χ3n) is 3.33. The first-order valence-corrected chi connectivity index (χ1v) is 7.10. The van der Waals surface area contributed by atoms with Crippen LogP contribution in [-0.2, 0) is 16.1 Å². The van der Waals surface area contributed by atoms with Crippen LogP contribution in [0.2, 0.25) is 0 Å². The van der Waals surface area contributed by atoms with Gasteiger partial charge in [0.1, 0.15) is 12.6 Å². The molecule has 1 aliphatic rings. The van der Waals surface area contributed by atoms with E-state index in [-0.39, 0.29) is 24.6 Å². The highest BCUT2D eigenvalue weighted by atomic mass is 16.5. The van der Waals surface area contributed by atoms with Gasteiger partial charge < -0.3 is 14.8 Å². The summed E-state index contributed by atoms with van der Waals surface area (Å²) in [4.78, 5) is 16.2. The predicted molar refractivity (Wildman–Crippen MR) is 76.0 cm³/mol. The normalized spacial score (nSPS) is 21.3. The number of carbonyl (C=O) groups excluding carboxylic acids is 1. The SMILES string of the molecule is O=C(Cn1ccnn1)N[C@@H]1COCC[C@H]1Oc1ccccn1. The molecule has 8 nitrogen and oxygen atoms in total. The topological polar surface area (TPSA) is 91.2 Å². The van der Waals surface area contributed by atoms with Gasteiger partial charge in [-0.05, 0) is 6.07 Å². The highest BCUT2D eigenvalue weighted by molar-refractivity contribution is 5.76. The summed E-state index contributed by atoms with van der Waals surface area (Å²) in [5.74, 6) is 0.389.